The number of fused-ring (bicyclic) bond motifs is 1. The van der Waals surface area contributed by atoms with Gasteiger partial charge in [0.2, 0.25) is 0 Å². The van der Waals surface area contributed by atoms with E-state index in [9.17, 15) is 0 Å². The van der Waals surface area contributed by atoms with Gasteiger partial charge in [0.05, 0.1) is 5.70 Å². The lowest BCUT2D eigenvalue weighted by Gasteiger charge is -2.21. The van der Waals surface area contributed by atoms with Crippen LogP contribution in [0.2, 0.25) is 0 Å². The van der Waals surface area contributed by atoms with Crippen molar-refractivity contribution in [2.24, 2.45) is 0 Å². The van der Waals surface area contributed by atoms with Crippen LogP contribution in [0.25, 0.3) is 11.4 Å². The second-order valence-electron chi connectivity index (χ2n) is 5.85. The molecule has 0 fully saturated rings. The van der Waals surface area contributed by atoms with E-state index in [1.807, 2.05) is 37.5 Å². The van der Waals surface area contributed by atoms with Crippen LogP contribution in [0.3, 0.4) is 0 Å². The normalized spacial score (nSPS) is 12.0. The van der Waals surface area contributed by atoms with Crippen LogP contribution in [0.4, 0.5) is 0 Å². The zero-order valence-electron chi connectivity index (χ0n) is 14.8. The number of hydrogen-bond acceptors (Lipinski definition) is 4. The van der Waals surface area contributed by atoms with Gasteiger partial charge >= 0.3 is 0 Å². The molecule has 0 saturated heterocycles. The third kappa shape index (κ3) is 3.98. The van der Waals surface area contributed by atoms with Crippen molar-refractivity contribution >= 4 is 11.4 Å². The fourth-order valence-electron chi connectivity index (χ4n) is 2.83. The fourth-order valence-corrected chi connectivity index (χ4v) is 2.83. The van der Waals surface area contributed by atoms with Gasteiger partial charge in [-0.1, -0.05) is 60.7 Å². The van der Waals surface area contributed by atoms with Crippen LogP contribution in [0, 0.1) is 0 Å². The molecule has 0 amide bonds. The third-order valence-corrected chi connectivity index (χ3v) is 3.92. The van der Waals surface area contributed by atoms with Crippen LogP contribution >= 0.6 is 0 Å². The maximum Gasteiger partial charge on any atom is 0.115 e. The molecule has 0 spiro atoms. The zero-order valence-corrected chi connectivity index (χ0v) is 14.8. The van der Waals surface area contributed by atoms with Gasteiger partial charge in [0.15, 0.2) is 0 Å². The van der Waals surface area contributed by atoms with Gasteiger partial charge in [-0.25, -0.2) is 9.97 Å². The first-order valence-corrected chi connectivity index (χ1v) is 8.54. The molecule has 4 rings (SSSR count). The molecule has 26 heavy (non-hydrogen) atoms. The Morgan fingerprint density at radius 2 is 1.50 bits per heavy atom. The van der Waals surface area contributed by atoms with E-state index >= 15 is 0 Å². The van der Waals surface area contributed by atoms with Gasteiger partial charge in [0.25, 0.3) is 0 Å². The summed E-state index contributed by atoms with van der Waals surface area (Å²) < 4.78 is 0. The maximum absolute atomic E-state index is 4.09. The molecule has 3 aromatic rings. The molecule has 1 aromatic heterocycles. The first-order valence-electron chi connectivity index (χ1n) is 8.54. The van der Waals surface area contributed by atoms with Gasteiger partial charge < -0.3 is 5.43 Å². The van der Waals surface area contributed by atoms with E-state index in [-0.39, 0.29) is 0 Å². The van der Waals surface area contributed by atoms with E-state index in [2.05, 4.69) is 63.8 Å². The molecule has 2 heterocycles. The molecule has 2 N–H and O–H groups in total. The number of hydrazine groups is 1. The molecule has 0 saturated carbocycles. The minimum Gasteiger partial charge on any atom is -0.304 e. The van der Waals surface area contributed by atoms with E-state index in [1.54, 1.807) is 12.4 Å². The monoisotopic (exact) mass is 342 g/mol. The number of aromatic nitrogens is 2. The van der Waals surface area contributed by atoms with E-state index in [0.717, 1.165) is 28.9 Å². The predicted octanol–water partition coefficient (Wildman–Crippen LogP) is 2.28. The van der Waals surface area contributed by atoms with E-state index in [0.29, 0.717) is 0 Å². The SMILES string of the molecule is C=CC.c1ccc(C2=c3ccccc3=C(Cc3cncnc3)NN2)cc1. The average molecular weight is 342 g/mol. The highest BCUT2D eigenvalue weighted by molar-refractivity contribution is 5.67. The highest BCUT2D eigenvalue weighted by Crippen LogP contribution is 2.10. The molecule has 1 aliphatic rings. The lowest BCUT2D eigenvalue weighted by molar-refractivity contribution is 0.770. The van der Waals surface area contributed by atoms with Gasteiger partial charge in [-0.05, 0) is 12.5 Å². The van der Waals surface area contributed by atoms with Gasteiger partial charge in [-0.3, -0.25) is 5.43 Å². The molecule has 1 aliphatic heterocycles. The van der Waals surface area contributed by atoms with Crippen LogP contribution in [0.15, 0.2) is 86.0 Å². The number of hydrogen-bond donors (Lipinski definition) is 2. The van der Waals surface area contributed by atoms with Crippen molar-refractivity contribution in [3.8, 4) is 0 Å². The Labute approximate surface area is 153 Å². The average Bonchev–Trinajstić information content (AvgIpc) is 2.70. The topological polar surface area (TPSA) is 49.8 Å². The van der Waals surface area contributed by atoms with Crippen molar-refractivity contribution in [3.63, 3.8) is 0 Å². The van der Waals surface area contributed by atoms with E-state index in [1.165, 1.54) is 10.4 Å². The van der Waals surface area contributed by atoms with Crippen molar-refractivity contribution < 1.29 is 0 Å². The number of nitrogens with zero attached hydrogens (tertiary/aromatic N) is 2. The highest BCUT2D eigenvalue weighted by atomic mass is 15.4. The molecule has 0 atom stereocenters. The first-order chi connectivity index (χ1) is 12.8. The standard InChI is InChI=1S/C19H16N4.C3H6/c1-2-6-15(7-3-1)19-17-9-5-4-8-16(17)18(22-23-19)10-14-11-20-13-21-12-14;1-3-2/h1-9,11-13,22-23H,10H2;3H,1H2,2H3. The van der Waals surface area contributed by atoms with Crippen molar-refractivity contribution in [2.75, 3.05) is 0 Å². The second kappa shape index (κ2) is 8.62. The summed E-state index contributed by atoms with van der Waals surface area (Å²) in [6, 6.07) is 18.8. The Bertz CT molecular complexity index is 979. The summed E-state index contributed by atoms with van der Waals surface area (Å²) in [5.74, 6) is 0. The first kappa shape index (κ1) is 17.4. The van der Waals surface area contributed by atoms with Crippen molar-refractivity contribution in [3.05, 3.63) is 108 Å². The molecule has 4 nitrogen and oxygen atoms in total. The van der Waals surface area contributed by atoms with Crippen molar-refractivity contribution in [1.29, 1.82) is 0 Å². The number of rotatable bonds is 3. The molecule has 130 valence electrons. The summed E-state index contributed by atoms with van der Waals surface area (Å²) in [5, 5.41) is 2.40. The van der Waals surface area contributed by atoms with Crippen LogP contribution in [0.5, 0.6) is 0 Å². The number of nitrogens with one attached hydrogen (secondary N) is 2. The van der Waals surface area contributed by atoms with Gasteiger partial charge in [-0.15, -0.1) is 6.58 Å². The Morgan fingerprint density at radius 3 is 2.19 bits per heavy atom. The lowest BCUT2D eigenvalue weighted by atomic mass is 10.0. The lowest BCUT2D eigenvalue weighted by Crippen LogP contribution is -2.47. The smallest absolute Gasteiger partial charge is 0.115 e. The Hall–Kier alpha value is -3.40. The van der Waals surface area contributed by atoms with Crippen LogP contribution in [0.1, 0.15) is 18.1 Å². The molecular weight excluding hydrogens is 320 g/mol. The maximum atomic E-state index is 4.09. The predicted molar refractivity (Wildman–Crippen MR) is 106 cm³/mol. The highest BCUT2D eigenvalue weighted by Gasteiger charge is 2.11. The van der Waals surface area contributed by atoms with E-state index in [4.69, 9.17) is 0 Å². The summed E-state index contributed by atoms with van der Waals surface area (Å²) in [4.78, 5) is 8.18. The minimum absolute atomic E-state index is 0.757. The second-order valence-corrected chi connectivity index (χ2v) is 5.85. The molecule has 0 aliphatic carbocycles. The van der Waals surface area contributed by atoms with Crippen molar-refractivity contribution in [2.45, 2.75) is 13.3 Å². The summed E-state index contributed by atoms with van der Waals surface area (Å²) in [6.07, 6.45) is 7.75. The number of allylic oxidation sites excluding steroid dienone is 1. The quantitative estimate of drug-likeness (QED) is 0.717. The molecular formula is C22H22N4. The van der Waals surface area contributed by atoms with Crippen LogP contribution in [-0.4, -0.2) is 9.97 Å². The van der Waals surface area contributed by atoms with Crippen molar-refractivity contribution in [1.82, 2.24) is 20.8 Å². The molecule has 0 radical (unpaired) electrons. The summed E-state index contributed by atoms with van der Waals surface area (Å²) in [5.41, 5.74) is 11.1. The molecule has 2 aromatic carbocycles. The largest absolute Gasteiger partial charge is 0.304 e. The van der Waals surface area contributed by atoms with Gasteiger partial charge in [0, 0.05) is 40.5 Å². The Balaban J connectivity index is 0.000000613. The zero-order chi connectivity index (χ0) is 18.2. The summed E-state index contributed by atoms with van der Waals surface area (Å²) >= 11 is 0. The minimum atomic E-state index is 0.757. The molecule has 0 bridgehead atoms. The Kier molecular flexibility index (Phi) is 5.78. The van der Waals surface area contributed by atoms with Gasteiger partial charge in [-0.2, -0.15) is 0 Å². The molecule has 0 unspecified atom stereocenters. The Morgan fingerprint density at radius 1 is 0.885 bits per heavy atom. The third-order valence-electron chi connectivity index (χ3n) is 3.92. The fraction of sp³-hybridized carbons (Fsp3) is 0.0909. The molecule has 4 heteroatoms. The van der Waals surface area contributed by atoms with Crippen LogP contribution in [-0.2, 0) is 6.42 Å². The summed E-state index contributed by atoms with van der Waals surface area (Å²) in [7, 11) is 0. The van der Waals surface area contributed by atoms with Gasteiger partial charge in [0.1, 0.15) is 6.33 Å². The van der Waals surface area contributed by atoms with E-state index < -0.39 is 0 Å². The number of benzene rings is 2. The summed E-state index contributed by atoms with van der Waals surface area (Å²) in [6.45, 7) is 5.25. The van der Waals surface area contributed by atoms with Crippen LogP contribution < -0.4 is 21.3 Å².